The molecule has 0 saturated carbocycles. The molecule has 3 rings (SSSR count). The molecule has 182 valence electrons. The van der Waals surface area contributed by atoms with E-state index in [1.54, 1.807) is 57.2 Å². The number of hydrogen-bond acceptors (Lipinski definition) is 7. The number of oxazole rings is 1. The van der Waals surface area contributed by atoms with Crippen LogP contribution in [0.4, 0.5) is 0 Å². The van der Waals surface area contributed by atoms with E-state index in [0.29, 0.717) is 33.7 Å². The summed E-state index contributed by atoms with van der Waals surface area (Å²) in [4.78, 5) is 17.2. The third kappa shape index (κ3) is 5.43. The molecular formula is C24H27ClN2O6S. The second-order valence-corrected chi connectivity index (χ2v) is 10.3. The van der Waals surface area contributed by atoms with Crippen LogP contribution in [-0.2, 0) is 26.1 Å². The molecule has 0 fully saturated rings. The highest BCUT2D eigenvalue weighted by molar-refractivity contribution is 7.89. The number of carbonyl (C=O) groups is 1. The number of aryl methyl sites for hydroxylation is 1. The number of benzene rings is 2. The molecule has 0 aliphatic heterocycles. The summed E-state index contributed by atoms with van der Waals surface area (Å²) >= 11 is 5.96. The lowest BCUT2D eigenvalue weighted by Gasteiger charge is -2.31. The van der Waals surface area contributed by atoms with Crippen LogP contribution in [0.25, 0.3) is 11.5 Å². The molecule has 1 atom stereocenters. The standard InChI is InChI=1S/C24H27ClN2O6S/c1-15(2)22(24(28)32-5)27(34(29,30)20-12-10-19(31-4)11-13-20)14-21-16(3)33-23(26-21)17-6-8-18(25)9-7-17/h6-13,15,22H,14H2,1-5H3/t22-/m1/s1. The Kier molecular flexibility index (Phi) is 8.01. The van der Waals surface area contributed by atoms with Crippen LogP contribution >= 0.6 is 11.6 Å². The highest BCUT2D eigenvalue weighted by atomic mass is 35.5. The van der Waals surface area contributed by atoms with Crippen LogP contribution in [0, 0.1) is 12.8 Å². The van der Waals surface area contributed by atoms with Crippen molar-refractivity contribution < 1.29 is 27.1 Å². The summed E-state index contributed by atoms with van der Waals surface area (Å²) in [5, 5.41) is 0.571. The number of hydrogen-bond donors (Lipinski definition) is 0. The van der Waals surface area contributed by atoms with Gasteiger partial charge >= 0.3 is 5.97 Å². The third-order valence-corrected chi connectivity index (χ3v) is 7.43. The first kappa shape index (κ1) is 25.7. The molecule has 0 spiro atoms. The third-order valence-electron chi connectivity index (χ3n) is 5.34. The van der Waals surface area contributed by atoms with Gasteiger partial charge in [0, 0.05) is 10.6 Å². The molecule has 0 N–H and O–H groups in total. The molecule has 8 nitrogen and oxygen atoms in total. The Labute approximate surface area is 204 Å². The van der Waals surface area contributed by atoms with E-state index >= 15 is 0 Å². The Bertz CT molecular complexity index is 1240. The summed E-state index contributed by atoms with van der Waals surface area (Å²) in [6.07, 6.45) is 0. The number of nitrogens with zero attached hydrogens (tertiary/aromatic N) is 2. The summed E-state index contributed by atoms with van der Waals surface area (Å²) in [6, 6.07) is 11.8. The van der Waals surface area contributed by atoms with E-state index in [1.807, 2.05) is 0 Å². The Hall–Kier alpha value is -2.88. The quantitative estimate of drug-likeness (QED) is 0.388. The molecule has 1 heterocycles. The first-order valence-corrected chi connectivity index (χ1v) is 12.4. The van der Waals surface area contributed by atoms with Crippen molar-refractivity contribution in [2.24, 2.45) is 5.92 Å². The Balaban J connectivity index is 2.07. The summed E-state index contributed by atoms with van der Waals surface area (Å²) in [5.74, 6) is 0.241. The first-order chi connectivity index (χ1) is 16.1. The zero-order valence-corrected chi connectivity index (χ0v) is 21.2. The zero-order chi connectivity index (χ0) is 25.0. The van der Waals surface area contributed by atoms with Crippen LogP contribution in [0.15, 0.2) is 57.8 Å². The van der Waals surface area contributed by atoms with Crippen molar-refractivity contribution >= 4 is 27.6 Å². The number of carbonyl (C=O) groups excluding carboxylic acids is 1. The van der Waals surface area contributed by atoms with Gasteiger partial charge in [-0.3, -0.25) is 4.79 Å². The smallest absolute Gasteiger partial charge is 0.324 e. The van der Waals surface area contributed by atoms with E-state index in [2.05, 4.69) is 4.98 Å². The minimum Gasteiger partial charge on any atom is -0.497 e. The van der Waals surface area contributed by atoms with Crippen molar-refractivity contribution in [1.82, 2.24) is 9.29 Å². The minimum atomic E-state index is -4.12. The largest absolute Gasteiger partial charge is 0.497 e. The highest BCUT2D eigenvalue weighted by Gasteiger charge is 2.39. The Morgan fingerprint density at radius 2 is 1.71 bits per heavy atom. The van der Waals surface area contributed by atoms with Gasteiger partial charge in [-0.2, -0.15) is 4.31 Å². The van der Waals surface area contributed by atoms with Crippen LogP contribution in [0.1, 0.15) is 25.3 Å². The summed E-state index contributed by atoms with van der Waals surface area (Å²) < 4.78 is 44.5. The normalized spacial score (nSPS) is 12.7. The van der Waals surface area contributed by atoms with Crippen molar-refractivity contribution in [3.8, 4) is 17.2 Å². The van der Waals surface area contributed by atoms with Gasteiger partial charge in [0.25, 0.3) is 0 Å². The van der Waals surface area contributed by atoms with Crippen LogP contribution in [0.3, 0.4) is 0 Å². The highest BCUT2D eigenvalue weighted by Crippen LogP contribution is 2.29. The van der Waals surface area contributed by atoms with Gasteiger partial charge in [-0.05, 0) is 61.4 Å². The molecule has 0 radical (unpaired) electrons. The molecule has 10 heteroatoms. The van der Waals surface area contributed by atoms with Crippen LogP contribution < -0.4 is 4.74 Å². The maximum Gasteiger partial charge on any atom is 0.324 e. The van der Waals surface area contributed by atoms with Gasteiger partial charge in [0.15, 0.2) is 0 Å². The van der Waals surface area contributed by atoms with E-state index < -0.39 is 22.0 Å². The van der Waals surface area contributed by atoms with E-state index in [1.165, 1.54) is 26.4 Å². The fraction of sp³-hybridized carbons (Fsp3) is 0.333. The zero-order valence-electron chi connectivity index (χ0n) is 19.6. The Morgan fingerprint density at radius 1 is 1.09 bits per heavy atom. The predicted molar refractivity (Wildman–Crippen MR) is 128 cm³/mol. The summed E-state index contributed by atoms with van der Waals surface area (Å²) in [6.45, 7) is 5.03. The van der Waals surface area contributed by atoms with E-state index in [0.717, 1.165) is 4.31 Å². The molecule has 3 aromatic rings. The average Bonchev–Trinajstić information content (AvgIpc) is 3.18. The summed E-state index contributed by atoms with van der Waals surface area (Å²) in [7, 11) is -1.40. The van der Waals surface area contributed by atoms with Crippen LogP contribution in [0.2, 0.25) is 5.02 Å². The van der Waals surface area contributed by atoms with Crippen LogP contribution in [0.5, 0.6) is 5.75 Å². The first-order valence-electron chi connectivity index (χ1n) is 10.5. The number of rotatable bonds is 9. The maximum absolute atomic E-state index is 13.7. The van der Waals surface area contributed by atoms with Gasteiger partial charge in [0.05, 0.1) is 31.4 Å². The van der Waals surface area contributed by atoms with E-state index in [-0.39, 0.29) is 17.4 Å². The number of methoxy groups -OCH3 is 2. The lowest BCUT2D eigenvalue weighted by Crippen LogP contribution is -2.48. The monoisotopic (exact) mass is 506 g/mol. The number of esters is 1. The van der Waals surface area contributed by atoms with Gasteiger partial charge in [-0.1, -0.05) is 25.4 Å². The molecule has 34 heavy (non-hydrogen) atoms. The van der Waals surface area contributed by atoms with Crippen molar-refractivity contribution in [1.29, 1.82) is 0 Å². The number of ether oxygens (including phenoxy) is 2. The molecular weight excluding hydrogens is 480 g/mol. The lowest BCUT2D eigenvalue weighted by molar-refractivity contribution is -0.146. The minimum absolute atomic E-state index is 0.0157. The van der Waals surface area contributed by atoms with E-state index in [4.69, 9.17) is 25.5 Å². The molecule has 0 aliphatic rings. The number of sulfonamides is 1. The van der Waals surface area contributed by atoms with Crippen molar-refractivity contribution in [2.45, 2.75) is 38.3 Å². The van der Waals surface area contributed by atoms with Crippen LogP contribution in [-0.4, -0.2) is 43.9 Å². The Morgan fingerprint density at radius 3 is 2.24 bits per heavy atom. The topological polar surface area (TPSA) is 98.9 Å². The SMILES string of the molecule is COC(=O)[C@@H](C(C)C)N(Cc1nc(-c2ccc(Cl)cc2)oc1C)S(=O)(=O)c1ccc(OC)cc1. The molecule has 0 unspecified atom stereocenters. The fourth-order valence-corrected chi connectivity index (χ4v) is 5.29. The number of halogens is 1. The van der Waals surface area contributed by atoms with Crippen molar-refractivity contribution in [3.63, 3.8) is 0 Å². The molecule has 0 aliphatic carbocycles. The van der Waals surface area contributed by atoms with Gasteiger partial charge in [0.1, 0.15) is 17.6 Å². The summed E-state index contributed by atoms with van der Waals surface area (Å²) in [5.41, 5.74) is 1.08. The molecule has 0 amide bonds. The average molecular weight is 507 g/mol. The van der Waals surface area contributed by atoms with Gasteiger partial charge in [-0.25, -0.2) is 13.4 Å². The number of aromatic nitrogens is 1. The van der Waals surface area contributed by atoms with Crippen molar-refractivity contribution in [3.05, 3.63) is 65.0 Å². The lowest BCUT2D eigenvalue weighted by atomic mass is 10.0. The second kappa shape index (κ2) is 10.6. The van der Waals surface area contributed by atoms with E-state index in [9.17, 15) is 13.2 Å². The maximum atomic E-state index is 13.7. The van der Waals surface area contributed by atoms with Gasteiger partial charge < -0.3 is 13.9 Å². The second-order valence-electron chi connectivity index (χ2n) is 7.97. The molecule has 1 aromatic heterocycles. The molecule has 2 aromatic carbocycles. The fourth-order valence-electron chi connectivity index (χ4n) is 3.50. The predicted octanol–water partition coefficient (Wildman–Crippen LogP) is 4.70. The van der Waals surface area contributed by atoms with Crippen molar-refractivity contribution in [2.75, 3.05) is 14.2 Å². The molecule has 0 bridgehead atoms. The molecule has 0 saturated heterocycles. The van der Waals surface area contributed by atoms with Gasteiger partial charge in [-0.15, -0.1) is 0 Å². The van der Waals surface area contributed by atoms with Gasteiger partial charge in [0.2, 0.25) is 15.9 Å².